The summed E-state index contributed by atoms with van der Waals surface area (Å²) in [5, 5.41) is 1.90. The van der Waals surface area contributed by atoms with Crippen molar-refractivity contribution in [1.82, 2.24) is 4.57 Å². The molecule has 194 valence electrons. The molecular formula is C26H26N2O7S2. The van der Waals surface area contributed by atoms with Crippen LogP contribution in [-0.4, -0.2) is 43.4 Å². The Bertz CT molecular complexity index is 1520. The number of fused-ring (bicyclic) bond motifs is 1. The Kier molecular flexibility index (Phi) is 8.24. The topological polar surface area (TPSA) is 105 Å². The number of ether oxygens (including phenoxy) is 4. The van der Waals surface area contributed by atoms with Gasteiger partial charge in [-0.05, 0) is 56.0 Å². The summed E-state index contributed by atoms with van der Waals surface area (Å²) in [7, 11) is 1.49. The minimum Gasteiger partial charge on any atom is -0.493 e. The summed E-state index contributed by atoms with van der Waals surface area (Å²) in [6.45, 7) is 5.46. The highest BCUT2D eigenvalue weighted by Gasteiger charge is 2.33. The van der Waals surface area contributed by atoms with Crippen molar-refractivity contribution in [3.8, 4) is 11.5 Å². The molecule has 0 unspecified atom stereocenters. The molecule has 1 aromatic carbocycles. The Labute approximate surface area is 220 Å². The monoisotopic (exact) mass is 542 g/mol. The predicted octanol–water partition coefficient (Wildman–Crippen LogP) is 2.81. The van der Waals surface area contributed by atoms with Gasteiger partial charge in [0.25, 0.3) is 5.56 Å². The van der Waals surface area contributed by atoms with E-state index in [1.807, 2.05) is 17.5 Å². The van der Waals surface area contributed by atoms with Crippen molar-refractivity contribution in [2.45, 2.75) is 26.8 Å². The van der Waals surface area contributed by atoms with Gasteiger partial charge in [-0.25, -0.2) is 14.6 Å². The van der Waals surface area contributed by atoms with Gasteiger partial charge in [0.2, 0.25) is 0 Å². The van der Waals surface area contributed by atoms with E-state index in [-0.39, 0.29) is 25.4 Å². The molecule has 0 saturated heterocycles. The molecule has 9 nitrogen and oxygen atoms in total. The number of thiophene rings is 1. The summed E-state index contributed by atoms with van der Waals surface area (Å²) in [5.74, 6) is -0.184. The SMILES string of the molecule is CCOC(=O)COc1ccc(/C=c2\sc3n(c2=O)[C@@H](c2cccs2)C(C(=O)OCC)=C(C)N=3)cc1OC. The number of nitrogens with zero attached hydrogens (tertiary/aromatic N) is 2. The van der Waals surface area contributed by atoms with Gasteiger partial charge in [0.15, 0.2) is 22.9 Å². The quantitative estimate of drug-likeness (QED) is 0.383. The van der Waals surface area contributed by atoms with Crippen molar-refractivity contribution in [3.05, 3.63) is 77.1 Å². The molecule has 1 aliphatic heterocycles. The molecule has 11 heteroatoms. The maximum Gasteiger partial charge on any atom is 0.344 e. The number of hydrogen-bond acceptors (Lipinski definition) is 10. The highest BCUT2D eigenvalue weighted by Crippen LogP contribution is 2.33. The van der Waals surface area contributed by atoms with E-state index >= 15 is 0 Å². The molecule has 4 rings (SSSR count). The zero-order valence-corrected chi connectivity index (χ0v) is 22.4. The summed E-state index contributed by atoms with van der Waals surface area (Å²) in [4.78, 5) is 44.0. The Balaban J connectivity index is 1.75. The first kappa shape index (κ1) is 26.4. The smallest absolute Gasteiger partial charge is 0.344 e. The van der Waals surface area contributed by atoms with Crippen LogP contribution in [0.15, 0.2) is 56.8 Å². The van der Waals surface area contributed by atoms with E-state index in [4.69, 9.17) is 18.9 Å². The largest absolute Gasteiger partial charge is 0.493 e. The fourth-order valence-corrected chi connectivity index (χ4v) is 5.76. The number of methoxy groups -OCH3 is 1. The normalized spacial score (nSPS) is 15.1. The van der Waals surface area contributed by atoms with Crippen molar-refractivity contribution in [2.24, 2.45) is 4.99 Å². The third kappa shape index (κ3) is 5.52. The molecule has 0 spiro atoms. The lowest BCUT2D eigenvalue weighted by atomic mass is 10.0. The standard InChI is InChI=1S/C26H26N2O7S2/c1-5-33-21(29)14-35-17-10-9-16(12-18(17)32-4)13-20-24(30)28-23(19-8-7-11-36-19)22(25(31)34-6-2)15(3)27-26(28)37-20/h7-13,23H,5-6,14H2,1-4H3/b20-13-/t23-/m0/s1. The molecule has 0 amide bonds. The number of esters is 2. The molecule has 0 N–H and O–H groups in total. The van der Waals surface area contributed by atoms with Crippen LogP contribution in [0.3, 0.4) is 0 Å². The summed E-state index contributed by atoms with van der Waals surface area (Å²) in [6.07, 6.45) is 1.73. The summed E-state index contributed by atoms with van der Waals surface area (Å²) in [5.41, 5.74) is 1.31. The Morgan fingerprint density at radius 2 is 1.92 bits per heavy atom. The minimum absolute atomic E-state index is 0.221. The van der Waals surface area contributed by atoms with Gasteiger partial charge in [-0.3, -0.25) is 9.36 Å². The highest BCUT2D eigenvalue weighted by atomic mass is 32.1. The van der Waals surface area contributed by atoms with Gasteiger partial charge in [-0.2, -0.15) is 0 Å². The molecule has 37 heavy (non-hydrogen) atoms. The zero-order chi connectivity index (χ0) is 26.5. The van der Waals surface area contributed by atoms with E-state index < -0.39 is 18.0 Å². The van der Waals surface area contributed by atoms with Gasteiger partial charge < -0.3 is 18.9 Å². The van der Waals surface area contributed by atoms with Crippen LogP contribution in [0.25, 0.3) is 6.08 Å². The van der Waals surface area contributed by atoms with Crippen LogP contribution in [0.4, 0.5) is 0 Å². The average Bonchev–Trinajstić information content (AvgIpc) is 3.51. The Hall–Kier alpha value is -3.70. The Morgan fingerprint density at radius 1 is 1.14 bits per heavy atom. The predicted molar refractivity (Wildman–Crippen MR) is 140 cm³/mol. The third-order valence-corrected chi connectivity index (χ3v) is 7.37. The summed E-state index contributed by atoms with van der Waals surface area (Å²) >= 11 is 2.70. The highest BCUT2D eigenvalue weighted by molar-refractivity contribution is 7.10. The molecule has 0 fully saturated rings. The van der Waals surface area contributed by atoms with Gasteiger partial charge in [-0.1, -0.05) is 23.5 Å². The molecule has 0 radical (unpaired) electrons. The lowest BCUT2D eigenvalue weighted by Gasteiger charge is -2.23. The minimum atomic E-state index is -0.620. The van der Waals surface area contributed by atoms with E-state index in [9.17, 15) is 14.4 Å². The Morgan fingerprint density at radius 3 is 2.59 bits per heavy atom. The second kappa shape index (κ2) is 11.6. The van der Waals surface area contributed by atoms with E-state index in [2.05, 4.69) is 4.99 Å². The van der Waals surface area contributed by atoms with Gasteiger partial charge in [0.05, 0.1) is 36.1 Å². The van der Waals surface area contributed by atoms with Crippen LogP contribution >= 0.6 is 22.7 Å². The van der Waals surface area contributed by atoms with Crippen LogP contribution in [0, 0.1) is 0 Å². The van der Waals surface area contributed by atoms with Crippen LogP contribution in [0.1, 0.15) is 37.3 Å². The van der Waals surface area contributed by atoms with E-state index in [0.29, 0.717) is 37.7 Å². The van der Waals surface area contributed by atoms with Crippen LogP contribution in [0.5, 0.6) is 11.5 Å². The van der Waals surface area contributed by atoms with Gasteiger partial charge >= 0.3 is 11.9 Å². The molecule has 1 aliphatic rings. The van der Waals surface area contributed by atoms with Crippen molar-refractivity contribution >= 4 is 40.7 Å². The number of allylic oxidation sites excluding steroid dienone is 1. The van der Waals surface area contributed by atoms with Crippen molar-refractivity contribution in [2.75, 3.05) is 26.9 Å². The first-order chi connectivity index (χ1) is 17.9. The second-order valence-corrected chi connectivity index (χ2v) is 9.81. The molecule has 1 atom stereocenters. The maximum atomic E-state index is 13.6. The number of carbonyl (C=O) groups excluding carboxylic acids is 2. The first-order valence-electron chi connectivity index (χ1n) is 11.6. The van der Waals surface area contributed by atoms with E-state index in [1.54, 1.807) is 49.6 Å². The van der Waals surface area contributed by atoms with Gasteiger partial charge in [0.1, 0.15) is 6.04 Å². The number of carbonyl (C=O) groups is 2. The van der Waals surface area contributed by atoms with Crippen molar-refractivity contribution in [1.29, 1.82) is 0 Å². The van der Waals surface area contributed by atoms with Crippen LogP contribution in [0.2, 0.25) is 0 Å². The van der Waals surface area contributed by atoms with Gasteiger partial charge in [0, 0.05) is 4.88 Å². The average molecular weight is 543 g/mol. The summed E-state index contributed by atoms with van der Waals surface area (Å²) < 4.78 is 23.1. The fraction of sp³-hybridized carbons (Fsp3) is 0.308. The van der Waals surface area contributed by atoms with E-state index in [1.165, 1.54) is 29.8 Å². The number of rotatable bonds is 9. The molecule has 0 bridgehead atoms. The third-order valence-electron chi connectivity index (χ3n) is 5.47. The molecule has 0 aliphatic carbocycles. The van der Waals surface area contributed by atoms with E-state index in [0.717, 1.165) is 4.88 Å². The molecule has 2 aromatic heterocycles. The van der Waals surface area contributed by atoms with Crippen LogP contribution < -0.4 is 24.4 Å². The summed E-state index contributed by atoms with van der Waals surface area (Å²) in [6, 6.07) is 8.29. The lowest BCUT2D eigenvalue weighted by Crippen LogP contribution is -2.39. The molecule has 3 heterocycles. The fourth-order valence-electron chi connectivity index (χ4n) is 3.89. The lowest BCUT2D eigenvalue weighted by molar-refractivity contribution is -0.145. The van der Waals surface area contributed by atoms with Gasteiger partial charge in [-0.15, -0.1) is 11.3 Å². The van der Waals surface area contributed by atoms with Crippen LogP contribution in [-0.2, 0) is 19.1 Å². The number of hydrogen-bond donors (Lipinski definition) is 0. The first-order valence-corrected chi connectivity index (χ1v) is 13.3. The second-order valence-electron chi connectivity index (χ2n) is 7.82. The number of thiazole rings is 1. The maximum absolute atomic E-state index is 13.6. The zero-order valence-electron chi connectivity index (χ0n) is 20.8. The molecule has 0 saturated carbocycles. The molecular weight excluding hydrogens is 516 g/mol. The van der Waals surface area contributed by atoms with Crippen molar-refractivity contribution in [3.63, 3.8) is 0 Å². The number of aromatic nitrogens is 1. The van der Waals surface area contributed by atoms with Crippen molar-refractivity contribution < 1.29 is 28.5 Å². The molecule has 3 aromatic rings. The number of benzene rings is 1.